The van der Waals surface area contributed by atoms with Crippen molar-refractivity contribution in [1.82, 2.24) is 0 Å². The number of alkyl halides is 1. The van der Waals surface area contributed by atoms with E-state index in [1.807, 2.05) is 30.3 Å². The molecule has 1 aromatic carbocycles. The van der Waals surface area contributed by atoms with Crippen molar-refractivity contribution in [2.75, 3.05) is 6.61 Å². The van der Waals surface area contributed by atoms with Crippen molar-refractivity contribution in [3.05, 3.63) is 30.3 Å². The zero-order valence-corrected chi connectivity index (χ0v) is 10.3. The molecule has 0 saturated heterocycles. The van der Waals surface area contributed by atoms with Gasteiger partial charge in [0.2, 0.25) is 0 Å². The third-order valence-corrected chi connectivity index (χ3v) is 3.13. The number of para-hydroxylation sites is 1. The summed E-state index contributed by atoms with van der Waals surface area (Å²) in [6.07, 6.45) is 1.14. The van der Waals surface area contributed by atoms with Gasteiger partial charge >= 0.3 is 0 Å². The second-order valence-electron chi connectivity index (χ2n) is 3.47. The number of benzene rings is 1. The number of hydrogen-bond donors (Lipinski definition) is 0. The molecule has 2 atom stereocenters. The van der Waals surface area contributed by atoms with E-state index in [0.717, 1.165) is 18.8 Å². The SMILES string of the molecule is CC[C@H](COc1ccccc1)[C@@H](C)Br. The van der Waals surface area contributed by atoms with Gasteiger partial charge in [-0.05, 0) is 18.6 Å². The van der Waals surface area contributed by atoms with E-state index in [-0.39, 0.29) is 0 Å². The molecule has 0 fully saturated rings. The van der Waals surface area contributed by atoms with Crippen LogP contribution in [0.3, 0.4) is 0 Å². The third kappa shape index (κ3) is 3.70. The highest BCUT2D eigenvalue weighted by Crippen LogP contribution is 2.18. The molecular weight excluding hydrogens is 240 g/mol. The highest BCUT2D eigenvalue weighted by Gasteiger charge is 2.12. The minimum atomic E-state index is 0.510. The van der Waals surface area contributed by atoms with Crippen LogP contribution in [0, 0.1) is 5.92 Å². The van der Waals surface area contributed by atoms with E-state index in [1.165, 1.54) is 0 Å². The van der Waals surface area contributed by atoms with Gasteiger partial charge in [-0.1, -0.05) is 48.0 Å². The quantitative estimate of drug-likeness (QED) is 0.727. The molecule has 0 N–H and O–H groups in total. The summed E-state index contributed by atoms with van der Waals surface area (Å²) in [4.78, 5) is 0.510. The molecule has 0 amide bonds. The van der Waals surface area contributed by atoms with Crippen molar-refractivity contribution >= 4 is 15.9 Å². The Morgan fingerprint density at radius 2 is 1.93 bits per heavy atom. The molecule has 14 heavy (non-hydrogen) atoms. The molecule has 1 rings (SSSR count). The zero-order valence-electron chi connectivity index (χ0n) is 8.74. The number of rotatable bonds is 5. The summed E-state index contributed by atoms with van der Waals surface area (Å²) in [7, 11) is 0. The monoisotopic (exact) mass is 256 g/mol. The predicted molar refractivity (Wildman–Crippen MR) is 64.1 cm³/mol. The lowest BCUT2D eigenvalue weighted by Gasteiger charge is -2.18. The van der Waals surface area contributed by atoms with Crippen LogP contribution >= 0.6 is 15.9 Å². The van der Waals surface area contributed by atoms with Gasteiger partial charge in [-0.3, -0.25) is 0 Å². The highest BCUT2D eigenvalue weighted by molar-refractivity contribution is 9.09. The van der Waals surface area contributed by atoms with Gasteiger partial charge in [-0.15, -0.1) is 0 Å². The summed E-state index contributed by atoms with van der Waals surface area (Å²) in [6, 6.07) is 9.97. The van der Waals surface area contributed by atoms with E-state index < -0.39 is 0 Å². The van der Waals surface area contributed by atoms with Crippen molar-refractivity contribution in [2.45, 2.75) is 25.1 Å². The van der Waals surface area contributed by atoms with Crippen LogP contribution in [0.4, 0.5) is 0 Å². The van der Waals surface area contributed by atoms with Gasteiger partial charge in [0.1, 0.15) is 5.75 Å². The van der Waals surface area contributed by atoms with Crippen LogP contribution in [0.1, 0.15) is 20.3 Å². The molecule has 0 aliphatic carbocycles. The highest BCUT2D eigenvalue weighted by atomic mass is 79.9. The average molecular weight is 257 g/mol. The first-order chi connectivity index (χ1) is 6.74. The van der Waals surface area contributed by atoms with Crippen LogP contribution in [0.15, 0.2) is 30.3 Å². The lowest BCUT2D eigenvalue weighted by Crippen LogP contribution is -2.18. The van der Waals surface area contributed by atoms with Crippen molar-refractivity contribution in [3.63, 3.8) is 0 Å². The Kier molecular flexibility index (Phi) is 5.02. The van der Waals surface area contributed by atoms with E-state index >= 15 is 0 Å². The van der Waals surface area contributed by atoms with Crippen molar-refractivity contribution in [2.24, 2.45) is 5.92 Å². The van der Waals surface area contributed by atoms with Crippen LogP contribution in [0.25, 0.3) is 0 Å². The number of halogens is 1. The fourth-order valence-electron chi connectivity index (χ4n) is 1.30. The molecule has 2 heteroatoms. The Morgan fingerprint density at radius 1 is 1.29 bits per heavy atom. The number of ether oxygens (including phenoxy) is 1. The van der Waals surface area contributed by atoms with E-state index in [4.69, 9.17) is 4.74 Å². The Hall–Kier alpha value is -0.500. The third-order valence-electron chi connectivity index (χ3n) is 2.38. The molecule has 1 aromatic rings. The van der Waals surface area contributed by atoms with Gasteiger partial charge in [0.05, 0.1) is 6.61 Å². The molecule has 0 bridgehead atoms. The maximum Gasteiger partial charge on any atom is 0.119 e. The normalized spacial score (nSPS) is 14.8. The van der Waals surface area contributed by atoms with Gasteiger partial charge < -0.3 is 4.74 Å². The lowest BCUT2D eigenvalue weighted by molar-refractivity contribution is 0.245. The Bertz CT molecular complexity index is 246. The van der Waals surface area contributed by atoms with Gasteiger partial charge in [0.25, 0.3) is 0 Å². The van der Waals surface area contributed by atoms with Gasteiger partial charge in [-0.25, -0.2) is 0 Å². The Labute approximate surface area is 94.6 Å². The summed E-state index contributed by atoms with van der Waals surface area (Å²) in [5.41, 5.74) is 0. The largest absolute Gasteiger partial charge is 0.493 e. The van der Waals surface area contributed by atoms with E-state index in [0.29, 0.717) is 10.7 Å². The topological polar surface area (TPSA) is 9.23 Å². The molecule has 0 saturated carbocycles. The minimum Gasteiger partial charge on any atom is -0.493 e. The van der Waals surface area contributed by atoms with E-state index in [1.54, 1.807) is 0 Å². The molecule has 0 aromatic heterocycles. The molecular formula is C12H17BrO. The van der Waals surface area contributed by atoms with Crippen LogP contribution in [0.5, 0.6) is 5.75 Å². The van der Waals surface area contributed by atoms with Gasteiger partial charge in [0, 0.05) is 10.7 Å². The second-order valence-corrected chi connectivity index (χ2v) is 4.91. The maximum absolute atomic E-state index is 5.69. The molecule has 1 nitrogen and oxygen atoms in total. The van der Waals surface area contributed by atoms with Crippen LogP contribution < -0.4 is 4.74 Å². The first-order valence-corrected chi connectivity index (χ1v) is 5.97. The fraction of sp³-hybridized carbons (Fsp3) is 0.500. The second kappa shape index (κ2) is 6.07. The lowest BCUT2D eigenvalue weighted by atomic mass is 10.1. The summed E-state index contributed by atoms with van der Waals surface area (Å²) in [5.74, 6) is 1.54. The van der Waals surface area contributed by atoms with Gasteiger partial charge in [0.15, 0.2) is 0 Å². The molecule has 0 spiro atoms. The standard InChI is InChI=1S/C12H17BrO/c1-3-11(10(2)13)9-14-12-7-5-4-6-8-12/h4-8,10-11H,3,9H2,1-2H3/t10-,11-/m1/s1. The predicted octanol–water partition coefficient (Wildman–Crippen LogP) is 3.88. The molecule has 0 unspecified atom stereocenters. The molecule has 78 valence electrons. The summed E-state index contributed by atoms with van der Waals surface area (Å²) in [6.45, 7) is 5.15. The minimum absolute atomic E-state index is 0.510. The van der Waals surface area contributed by atoms with Crippen LogP contribution in [0.2, 0.25) is 0 Å². The summed E-state index contributed by atoms with van der Waals surface area (Å²) >= 11 is 3.59. The first kappa shape index (κ1) is 11.6. The molecule has 0 aliphatic heterocycles. The molecule has 0 radical (unpaired) electrons. The van der Waals surface area contributed by atoms with Crippen LogP contribution in [-0.4, -0.2) is 11.4 Å². The Morgan fingerprint density at radius 3 is 2.43 bits per heavy atom. The molecule has 0 aliphatic rings. The summed E-state index contributed by atoms with van der Waals surface area (Å²) < 4.78 is 5.69. The maximum atomic E-state index is 5.69. The fourth-order valence-corrected chi connectivity index (χ4v) is 1.82. The zero-order chi connectivity index (χ0) is 10.4. The first-order valence-electron chi connectivity index (χ1n) is 5.06. The van der Waals surface area contributed by atoms with E-state index in [9.17, 15) is 0 Å². The summed E-state index contributed by atoms with van der Waals surface area (Å²) in [5, 5.41) is 0. The van der Waals surface area contributed by atoms with Gasteiger partial charge in [-0.2, -0.15) is 0 Å². The van der Waals surface area contributed by atoms with E-state index in [2.05, 4.69) is 29.8 Å². The van der Waals surface area contributed by atoms with Crippen LogP contribution in [-0.2, 0) is 0 Å². The average Bonchev–Trinajstić information content (AvgIpc) is 2.20. The van der Waals surface area contributed by atoms with Crippen molar-refractivity contribution in [3.8, 4) is 5.75 Å². The Balaban J connectivity index is 2.40. The smallest absolute Gasteiger partial charge is 0.119 e. The van der Waals surface area contributed by atoms with Crippen molar-refractivity contribution in [1.29, 1.82) is 0 Å². The number of hydrogen-bond acceptors (Lipinski definition) is 1. The molecule has 0 heterocycles. The van der Waals surface area contributed by atoms with Crippen molar-refractivity contribution < 1.29 is 4.74 Å².